The third kappa shape index (κ3) is 3.02. The van der Waals surface area contributed by atoms with Gasteiger partial charge in [-0.15, -0.1) is 0 Å². The lowest BCUT2D eigenvalue weighted by molar-refractivity contribution is -0.137. The second-order valence-electron chi connectivity index (χ2n) is 5.78. The van der Waals surface area contributed by atoms with Gasteiger partial charge in [0.25, 0.3) is 0 Å². The van der Waals surface area contributed by atoms with Gasteiger partial charge in [-0.1, -0.05) is 66.7 Å². The third-order valence-corrected chi connectivity index (χ3v) is 7.64. The van der Waals surface area contributed by atoms with Gasteiger partial charge in [0.2, 0.25) is 0 Å². The summed E-state index contributed by atoms with van der Waals surface area (Å²) < 4.78 is 14.1. The largest absolute Gasteiger partial charge is 0.481 e. The summed E-state index contributed by atoms with van der Waals surface area (Å²) in [6, 6.07) is 18.8. The van der Waals surface area contributed by atoms with Gasteiger partial charge in [-0.2, -0.15) is 0 Å². The van der Waals surface area contributed by atoms with Crippen LogP contribution in [0, 0.1) is 5.92 Å². The summed E-state index contributed by atoms with van der Waals surface area (Å²) in [7, 11) is -2.99. The van der Waals surface area contributed by atoms with Crippen LogP contribution < -0.4 is 10.6 Å². The molecule has 0 amide bonds. The van der Waals surface area contributed by atoms with Gasteiger partial charge in [-0.25, -0.2) is 0 Å². The first-order valence-electron chi connectivity index (χ1n) is 7.76. The lowest BCUT2D eigenvalue weighted by Crippen LogP contribution is -2.20. The smallest absolute Gasteiger partial charge is 0.303 e. The Morgan fingerprint density at radius 2 is 1.52 bits per heavy atom. The molecule has 1 atom stereocenters. The van der Waals surface area contributed by atoms with E-state index in [1.165, 1.54) is 0 Å². The van der Waals surface area contributed by atoms with Crippen molar-refractivity contribution in [1.82, 2.24) is 0 Å². The van der Waals surface area contributed by atoms with Crippen LogP contribution in [0.2, 0.25) is 0 Å². The second-order valence-corrected chi connectivity index (χ2v) is 8.55. The van der Waals surface area contributed by atoms with E-state index in [0.717, 1.165) is 28.8 Å². The summed E-state index contributed by atoms with van der Waals surface area (Å²) in [5.41, 5.74) is 0. The summed E-state index contributed by atoms with van der Waals surface area (Å²) in [4.78, 5) is 11.2. The lowest BCUT2D eigenvalue weighted by Gasteiger charge is -2.25. The summed E-state index contributed by atoms with van der Waals surface area (Å²) in [6.45, 7) is 0. The molecule has 0 spiro atoms. The molecule has 4 heteroatoms. The molecule has 0 fully saturated rings. The van der Waals surface area contributed by atoms with Crippen molar-refractivity contribution in [3.05, 3.63) is 72.1 Å². The Balaban J connectivity index is 2.14. The monoisotopic (exact) mass is 326 g/mol. The Labute approximate surface area is 136 Å². The zero-order valence-electron chi connectivity index (χ0n) is 12.8. The lowest BCUT2D eigenvalue weighted by atomic mass is 10.1. The Hall–Kier alpha value is -2.12. The predicted octanol–water partition coefficient (Wildman–Crippen LogP) is 3.77. The van der Waals surface area contributed by atoms with Gasteiger partial charge >= 0.3 is 5.97 Å². The molecular formula is C19H19O3P. The average Bonchev–Trinajstić information content (AvgIpc) is 3.03. The van der Waals surface area contributed by atoms with E-state index in [4.69, 9.17) is 0 Å². The average molecular weight is 326 g/mol. The van der Waals surface area contributed by atoms with Gasteiger partial charge in [0.15, 0.2) is 7.14 Å². The van der Waals surface area contributed by atoms with Crippen molar-refractivity contribution >= 4 is 23.7 Å². The number of rotatable bonds is 5. The van der Waals surface area contributed by atoms with Crippen molar-refractivity contribution in [1.29, 1.82) is 0 Å². The highest BCUT2D eigenvalue weighted by Gasteiger charge is 2.38. The van der Waals surface area contributed by atoms with Crippen molar-refractivity contribution in [2.45, 2.75) is 19.3 Å². The summed E-state index contributed by atoms with van der Waals surface area (Å²) in [6.07, 6.45) is 3.58. The fourth-order valence-electron chi connectivity index (χ4n) is 3.27. The van der Waals surface area contributed by atoms with Gasteiger partial charge in [-0.3, -0.25) is 4.79 Å². The topological polar surface area (TPSA) is 54.4 Å². The second kappa shape index (κ2) is 6.55. The zero-order valence-corrected chi connectivity index (χ0v) is 13.7. The molecule has 3 nitrogen and oxygen atoms in total. The molecule has 3 rings (SSSR count). The van der Waals surface area contributed by atoms with Crippen LogP contribution in [0.5, 0.6) is 0 Å². The standard InChI is InChI=1S/C19H19O3P/c20-19(21)14-15-8-7-13-18(15)23(22,16-9-3-1-4-10-16)17-11-5-2-6-12-17/h1-6,9-13,15H,7-8,14H2,(H,20,21). The SMILES string of the molecule is O=C(O)CC1CCC=C1P(=O)(c1ccccc1)c1ccccc1. The Morgan fingerprint density at radius 1 is 1.00 bits per heavy atom. The van der Waals surface area contributed by atoms with Crippen LogP contribution in [-0.4, -0.2) is 11.1 Å². The zero-order chi connectivity index (χ0) is 16.3. The molecule has 0 aliphatic heterocycles. The minimum absolute atomic E-state index is 0.0372. The fourth-order valence-corrected chi connectivity index (χ4v) is 6.47. The van der Waals surface area contributed by atoms with E-state index in [0.29, 0.717) is 0 Å². The molecule has 0 heterocycles. The molecule has 1 N–H and O–H groups in total. The summed E-state index contributed by atoms with van der Waals surface area (Å²) in [5, 5.41) is 11.5. The molecule has 0 saturated carbocycles. The maximum atomic E-state index is 14.1. The van der Waals surface area contributed by atoms with E-state index in [2.05, 4.69) is 0 Å². The first-order valence-corrected chi connectivity index (χ1v) is 9.46. The molecule has 0 saturated heterocycles. The molecule has 1 aliphatic rings. The van der Waals surface area contributed by atoms with Crippen molar-refractivity contribution < 1.29 is 14.5 Å². The number of aliphatic carboxylic acids is 1. The number of hydrogen-bond donors (Lipinski definition) is 1. The van der Waals surface area contributed by atoms with E-state index in [9.17, 15) is 14.5 Å². The van der Waals surface area contributed by atoms with Crippen molar-refractivity contribution in [3.63, 3.8) is 0 Å². The van der Waals surface area contributed by atoms with Crippen LogP contribution in [0.4, 0.5) is 0 Å². The highest BCUT2D eigenvalue weighted by atomic mass is 31.2. The molecule has 118 valence electrons. The first kappa shape index (κ1) is 15.8. The first-order chi connectivity index (χ1) is 11.1. The Bertz CT molecular complexity index is 722. The minimum Gasteiger partial charge on any atom is -0.481 e. The fraction of sp³-hybridized carbons (Fsp3) is 0.211. The van der Waals surface area contributed by atoms with Gasteiger partial charge in [0, 0.05) is 10.6 Å². The van der Waals surface area contributed by atoms with Crippen LogP contribution in [0.3, 0.4) is 0 Å². The number of benzene rings is 2. The van der Waals surface area contributed by atoms with Crippen LogP contribution in [0.25, 0.3) is 0 Å². The molecule has 1 unspecified atom stereocenters. The molecule has 23 heavy (non-hydrogen) atoms. The molecule has 0 radical (unpaired) electrons. The molecule has 0 aromatic heterocycles. The van der Waals surface area contributed by atoms with E-state index in [1.54, 1.807) is 0 Å². The van der Waals surface area contributed by atoms with E-state index >= 15 is 0 Å². The van der Waals surface area contributed by atoms with Gasteiger partial charge in [0.1, 0.15) is 0 Å². The highest BCUT2D eigenvalue weighted by Crippen LogP contribution is 2.58. The number of carboxylic acids is 1. The van der Waals surface area contributed by atoms with Gasteiger partial charge in [0.05, 0.1) is 6.42 Å². The Morgan fingerprint density at radius 3 is 2.00 bits per heavy atom. The molecule has 0 bridgehead atoms. The highest BCUT2D eigenvalue weighted by molar-refractivity contribution is 7.82. The quantitative estimate of drug-likeness (QED) is 0.851. The van der Waals surface area contributed by atoms with Crippen LogP contribution >= 0.6 is 7.14 Å². The maximum Gasteiger partial charge on any atom is 0.303 e. The van der Waals surface area contributed by atoms with Crippen LogP contribution in [0.15, 0.2) is 72.1 Å². The summed E-state index contributed by atoms with van der Waals surface area (Å²) in [5.74, 6) is -0.991. The molecule has 1 aliphatic carbocycles. The van der Waals surface area contributed by atoms with Crippen molar-refractivity contribution in [2.24, 2.45) is 5.92 Å². The van der Waals surface area contributed by atoms with Crippen LogP contribution in [-0.2, 0) is 9.36 Å². The van der Waals surface area contributed by atoms with Crippen molar-refractivity contribution in [3.8, 4) is 0 Å². The van der Waals surface area contributed by atoms with Crippen molar-refractivity contribution in [2.75, 3.05) is 0 Å². The molecule has 2 aromatic carbocycles. The molecular weight excluding hydrogens is 307 g/mol. The third-order valence-electron chi connectivity index (χ3n) is 4.31. The minimum atomic E-state index is -2.99. The number of carbonyl (C=O) groups is 1. The van der Waals surface area contributed by atoms with Gasteiger partial charge in [-0.05, 0) is 24.1 Å². The number of hydrogen-bond acceptors (Lipinski definition) is 2. The normalized spacial score (nSPS) is 17.7. The molecule has 2 aromatic rings. The number of allylic oxidation sites excluding steroid dienone is 2. The van der Waals surface area contributed by atoms with Gasteiger partial charge < -0.3 is 9.67 Å². The summed E-state index contributed by atoms with van der Waals surface area (Å²) >= 11 is 0. The Kier molecular flexibility index (Phi) is 4.49. The van der Waals surface area contributed by atoms with E-state index in [-0.39, 0.29) is 12.3 Å². The maximum absolute atomic E-state index is 14.1. The predicted molar refractivity (Wildman–Crippen MR) is 92.8 cm³/mol. The van der Waals surface area contributed by atoms with E-state index < -0.39 is 13.1 Å². The number of carboxylic acid groups (broad SMARTS) is 1. The van der Waals surface area contributed by atoms with Crippen LogP contribution in [0.1, 0.15) is 19.3 Å². The van der Waals surface area contributed by atoms with E-state index in [1.807, 2.05) is 66.7 Å².